The van der Waals surface area contributed by atoms with Crippen molar-refractivity contribution in [1.29, 1.82) is 0 Å². The lowest BCUT2D eigenvalue weighted by atomic mass is 9.92. The molecule has 26 heavy (non-hydrogen) atoms. The molecule has 6 nitrogen and oxygen atoms in total. The highest BCUT2D eigenvalue weighted by molar-refractivity contribution is 6.30. The Morgan fingerprint density at radius 3 is 2.69 bits per heavy atom. The van der Waals surface area contributed by atoms with Gasteiger partial charge in [-0.2, -0.15) is 0 Å². The van der Waals surface area contributed by atoms with Gasteiger partial charge in [-0.15, -0.1) is 0 Å². The van der Waals surface area contributed by atoms with E-state index in [4.69, 9.17) is 16.7 Å². The molecule has 140 valence electrons. The van der Waals surface area contributed by atoms with E-state index in [0.29, 0.717) is 24.8 Å². The molecule has 2 fully saturated rings. The van der Waals surface area contributed by atoms with Gasteiger partial charge in [0.05, 0.1) is 22.9 Å². The Kier molecular flexibility index (Phi) is 5.18. The summed E-state index contributed by atoms with van der Waals surface area (Å²) < 4.78 is 13.8. The number of likely N-dealkylation sites (tertiary alicyclic amines) is 1. The van der Waals surface area contributed by atoms with E-state index < -0.39 is 29.7 Å². The summed E-state index contributed by atoms with van der Waals surface area (Å²) in [5.74, 6) is -3.06. The van der Waals surface area contributed by atoms with E-state index in [0.717, 1.165) is 0 Å². The number of aliphatic carboxylic acids is 1. The number of halogens is 2. The van der Waals surface area contributed by atoms with Crippen molar-refractivity contribution in [3.63, 3.8) is 0 Å². The van der Waals surface area contributed by atoms with Crippen LogP contribution < -0.4 is 5.32 Å². The van der Waals surface area contributed by atoms with E-state index in [9.17, 15) is 18.8 Å². The average Bonchev–Trinajstić information content (AvgIpc) is 3.16. The van der Waals surface area contributed by atoms with Gasteiger partial charge in [-0.3, -0.25) is 14.4 Å². The first-order chi connectivity index (χ1) is 12.3. The molecule has 4 atom stereocenters. The lowest BCUT2D eigenvalue weighted by Crippen LogP contribution is -2.39. The number of benzene rings is 1. The minimum Gasteiger partial charge on any atom is -0.481 e. The number of carbonyl (C=O) groups is 3. The largest absolute Gasteiger partial charge is 0.481 e. The minimum atomic E-state index is -0.855. The summed E-state index contributed by atoms with van der Waals surface area (Å²) in [6.45, 7) is 0. The first kappa shape index (κ1) is 18.6. The number of carboxylic acid groups (broad SMARTS) is 1. The highest BCUT2D eigenvalue weighted by Gasteiger charge is 2.44. The number of carboxylic acids is 1. The predicted molar refractivity (Wildman–Crippen MR) is 91.9 cm³/mol. The summed E-state index contributed by atoms with van der Waals surface area (Å²) in [4.78, 5) is 37.4. The number of amides is 2. The number of nitrogens with zero attached hydrogens (tertiary/aromatic N) is 1. The second-order valence-corrected chi connectivity index (χ2v) is 7.39. The first-order valence-corrected chi connectivity index (χ1v) is 8.89. The van der Waals surface area contributed by atoms with Crippen LogP contribution in [0.1, 0.15) is 37.3 Å². The molecule has 0 bridgehead atoms. The van der Waals surface area contributed by atoms with Crippen LogP contribution in [-0.4, -0.2) is 40.9 Å². The predicted octanol–water partition coefficient (Wildman–Crippen LogP) is 2.37. The van der Waals surface area contributed by atoms with Gasteiger partial charge in [0.2, 0.25) is 11.8 Å². The van der Waals surface area contributed by atoms with Gasteiger partial charge >= 0.3 is 5.97 Å². The third-order valence-corrected chi connectivity index (χ3v) is 5.64. The van der Waals surface area contributed by atoms with Crippen LogP contribution in [0.2, 0.25) is 5.02 Å². The zero-order chi connectivity index (χ0) is 19.0. The summed E-state index contributed by atoms with van der Waals surface area (Å²) in [7, 11) is 1.59. The van der Waals surface area contributed by atoms with Gasteiger partial charge in [-0.05, 0) is 37.0 Å². The van der Waals surface area contributed by atoms with Crippen molar-refractivity contribution in [2.75, 3.05) is 7.05 Å². The molecule has 2 amide bonds. The zero-order valence-electron chi connectivity index (χ0n) is 14.2. The molecule has 3 rings (SSSR count). The molecule has 1 saturated carbocycles. The Labute approximate surface area is 155 Å². The van der Waals surface area contributed by atoms with Gasteiger partial charge in [0.25, 0.3) is 0 Å². The Hall–Kier alpha value is -2.15. The fourth-order valence-corrected chi connectivity index (χ4v) is 4.02. The molecule has 1 heterocycles. The van der Waals surface area contributed by atoms with Crippen molar-refractivity contribution in [2.45, 2.75) is 37.8 Å². The molecule has 1 aromatic carbocycles. The quantitative estimate of drug-likeness (QED) is 0.837. The van der Waals surface area contributed by atoms with Gasteiger partial charge in [0.15, 0.2) is 0 Å². The maximum atomic E-state index is 13.8. The fourth-order valence-electron chi connectivity index (χ4n) is 3.90. The Morgan fingerprint density at radius 2 is 2.08 bits per heavy atom. The average molecular weight is 383 g/mol. The minimum absolute atomic E-state index is 0.0209. The fraction of sp³-hybridized carbons (Fsp3) is 0.500. The molecule has 1 aliphatic heterocycles. The third-order valence-electron chi connectivity index (χ3n) is 5.34. The summed E-state index contributed by atoms with van der Waals surface area (Å²) in [5, 5.41) is 11.9. The Morgan fingerprint density at radius 1 is 1.35 bits per heavy atom. The van der Waals surface area contributed by atoms with Gasteiger partial charge in [0, 0.05) is 19.5 Å². The smallest absolute Gasteiger partial charge is 0.306 e. The third kappa shape index (κ3) is 3.53. The van der Waals surface area contributed by atoms with Crippen LogP contribution in [-0.2, 0) is 14.4 Å². The van der Waals surface area contributed by atoms with Crippen molar-refractivity contribution in [2.24, 2.45) is 11.8 Å². The van der Waals surface area contributed by atoms with Crippen LogP contribution in [0.15, 0.2) is 18.2 Å². The highest BCUT2D eigenvalue weighted by atomic mass is 35.5. The van der Waals surface area contributed by atoms with E-state index in [-0.39, 0.29) is 29.3 Å². The topological polar surface area (TPSA) is 86.7 Å². The second kappa shape index (κ2) is 7.23. The maximum absolute atomic E-state index is 13.8. The normalized spacial score (nSPS) is 28.4. The van der Waals surface area contributed by atoms with Crippen LogP contribution in [0, 0.1) is 17.7 Å². The summed E-state index contributed by atoms with van der Waals surface area (Å²) >= 11 is 5.72. The zero-order valence-corrected chi connectivity index (χ0v) is 15.0. The summed E-state index contributed by atoms with van der Waals surface area (Å²) in [5.41, 5.74) is 0.509. The van der Waals surface area contributed by atoms with Crippen molar-refractivity contribution < 1.29 is 23.9 Å². The molecular weight excluding hydrogens is 363 g/mol. The van der Waals surface area contributed by atoms with E-state index >= 15 is 0 Å². The summed E-state index contributed by atoms with van der Waals surface area (Å²) in [6.07, 6.45) is 1.54. The number of rotatable bonds is 4. The van der Waals surface area contributed by atoms with Gasteiger partial charge in [-0.1, -0.05) is 17.7 Å². The molecule has 1 aromatic rings. The number of hydrogen-bond donors (Lipinski definition) is 2. The SMILES string of the molecule is CN1C(=O)CC(C(=O)N[C@H]2CC[C@@H](C(=O)O)C2)C1c1ccc(Cl)c(F)c1. The van der Waals surface area contributed by atoms with E-state index in [1.165, 1.54) is 17.0 Å². The molecule has 0 spiro atoms. The lowest BCUT2D eigenvalue weighted by molar-refractivity contribution is -0.141. The standard InChI is InChI=1S/C18H20ClFN2O4/c1-22-15(23)8-12(16(22)9-3-5-13(19)14(20)7-9)17(24)21-11-4-2-10(6-11)18(25)26/h3,5,7,10-12,16H,2,4,6,8H2,1H3,(H,21,24)(H,25,26)/t10-,11+,12?,16?/m1/s1. The van der Waals surface area contributed by atoms with Gasteiger partial charge in [-0.25, -0.2) is 4.39 Å². The molecular formula is C18H20ClFN2O4. The molecule has 2 unspecified atom stereocenters. The lowest BCUT2D eigenvalue weighted by Gasteiger charge is -2.26. The van der Waals surface area contributed by atoms with Crippen LogP contribution in [0.4, 0.5) is 4.39 Å². The second-order valence-electron chi connectivity index (χ2n) is 6.99. The monoisotopic (exact) mass is 382 g/mol. The van der Waals surface area contributed by atoms with Gasteiger partial charge < -0.3 is 15.3 Å². The summed E-state index contributed by atoms with van der Waals surface area (Å²) in [6, 6.07) is 3.48. The van der Waals surface area contributed by atoms with Crippen molar-refractivity contribution in [3.8, 4) is 0 Å². The van der Waals surface area contributed by atoms with E-state index in [2.05, 4.69) is 5.32 Å². The first-order valence-electron chi connectivity index (χ1n) is 8.51. The number of nitrogens with one attached hydrogen (secondary N) is 1. The Balaban J connectivity index is 1.76. The maximum Gasteiger partial charge on any atom is 0.306 e. The van der Waals surface area contributed by atoms with Crippen LogP contribution >= 0.6 is 11.6 Å². The van der Waals surface area contributed by atoms with Crippen LogP contribution in [0.25, 0.3) is 0 Å². The van der Waals surface area contributed by atoms with E-state index in [1.54, 1.807) is 13.1 Å². The number of carbonyl (C=O) groups excluding carboxylic acids is 2. The molecule has 1 aliphatic carbocycles. The van der Waals surface area contributed by atoms with Gasteiger partial charge in [0.1, 0.15) is 5.82 Å². The van der Waals surface area contributed by atoms with Crippen LogP contribution in [0.3, 0.4) is 0 Å². The highest BCUT2D eigenvalue weighted by Crippen LogP contribution is 2.38. The van der Waals surface area contributed by atoms with Crippen molar-refractivity contribution >= 4 is 29.4 Å². The van der Waals surface area contributed by atoms with Crippen molar-refractivity contribution in [1.82, 2.24) is 10.2 Å². The molecule has 1 saturated heterocycles. The van der Waals surface area contributed by atoms with E-state index in [1.807, 2.05) is 0 Å². The number of hydrogen-bond acceptors (Lipinski definition) is 3. The molecule has 0 radical (unpaired) electrons. The molecule has 0 aromatic heterocycles. The molecule has 8 heteroatoms. The Bertz CT molecular complexity index is 757. The molecule has 2 N–H and O–H groups in total. The van der Waals surface area contributed by atoms with Crippen molar-refractivity contribution in [3.05, 3.63) is 34.6 Å². The molecule has 2 aliphatic rings. The van der Waals surface area contributed by atoms with Crippen LogP contribution in [0.5, 0.6) is 0 Å².